The van der Waals surface area contributed by atoms with E-state index in [1.165, 1.54) is 11.1 Å². The van der Waals surface area contributed by atoms with E-state index in [9.17, 15) is 10.0 Å². The molecular formula is C26H29N5O2S. The number of hydrogen-bond acceptors (Lipinski definition) is 5. The summed E-state index contributed by atoms with van der Waals surface area (Å²) in [5, 5.41) is 14.9. The molecule has 5 heterocycles. The minimum Gasteiger partial charge on any atom is -0.619 e. The second-order valence-electron chi connectivity index (χ2n) is 9.22. The predicted octanol–water partition coefficient (Wildman–Crippen LogP) is 4.48. The second-order valence-corrected chi connectivity index (χ2v) is 10.5. The quantitative estimate of drug-likeness (QED) is 0.341. The lowest BCUT2D eigenvalue weighted by Gasteiger charge is -2.32. The van der Waals surface area contributed by atoms with Gasteiger partial charge in [0.15, 0.2) is 17.5 Å². The van der Waals surface area contributed by atoms with Crippen LogP contribution in [0.3, 0.4) is 0 Å². The van der Waals surface area contributed by atoms with Gasteiger partial charge in [0.1, 0.15) is 0 Å². The maximum Gasteiger partial charge on any atom is 0.253 e. The summed E-state index contributed by atoms with van der Waals surface area (Å²) in [6.45, 7) is 8.33. The van der Waals surface area contributed by atoms with Crippen molar-refractivity contribution in [1.82, 2.24) is 14.7 Å². The van der Waals surface area contributed by atoms with Crippen LogP contribution in [0, 0.1) is 25.0 Å². The van der Waals surface area contributed by atoms with E-state index in [1.807, 2.05) is 28.9 Å². The summed E-state index contributed by atoms with van der Waals surface area (Å²) >= 11 is 1.72. The van der Waals surface area contributed by atoms with Crippen LogP contribution < -0.4 is 14.9 Å². The van der Waals surface area contributed by atoms with E-state index in [1.54, 1.807) is 24.3 Å². The Morgan fingerprint density at radius 2 is 2.03 bits per heavy atom. The molecule has 5 rings (SSSR count). The monoisotopic (exact) mass is 475 g/mol. The van der Waals surface area contributed by atoms with E-state index in [4.69, 9.17) is 4.98 Å². The maximum absolute atomic E-state index is 13.2. The van der Waals surface area contributed by atoms with Crippen molar-refractivity contribution in [2.24, 2.45) is 5.92 Å². The fraction of sp³-hybridized carbons (Fsp3) is 0.346. The van der Waals surface area contributed by atoms with Crippen LogP contribution in [0.5, 0.6) is 0 Å². The van der Waals surface area contributed by atoms with Crippen LogP contribution in [0.2, 0.25) is 0 Å². The normalized spacial score (nSPS) is 14.6. The summed E-state index contributed by atoms with van der Waals surface area (Å²) in [5.41, 5.74) is 4.82. The minimum atomic E-state index is -0.173. The van der Waals surface area contributed by atoms with Crippen molar-refractivity contribution < 1.29 is 9.52 Å². The lowest BCUT2D eigenvalue weighted by Crippen LogP contribution is -2.34. The highest BCUT2D eigenvalue weighted by Crippen LogP contribution is 2.33. The SMILES string of the molecule is Cc1ccc(-c2cnc3c(N4CCC(C)CC4)cc(C(=O)NCc4ccc(C)[n+]([O-])c4)cn23)s1. The molecule has 7 nitrogen and oxygen atoms in total. The van der Waals surface area contributed by atoms with Crippen LogP contribution in [0.4, 0.5) is 5.69 Å². The van der Waals surface area contributed by atoms with Crippen molar-refractivity contribution in [1.29, 1.82) is 0 Å². The Morgan fingerprint density at radius 3 is 2.74 bits per heavy atom. The van der Waals surface area contributed by atoms with Gasteiger partial charge in [-0.3, -0.25) is 9.20 Å². The zero-order chi connectivity index (χ0) is 23.8. The third-order valence-electron chi connectivity index (χ3n) is 6.59. The van der Waals surface area contributed by atoms with Gasteiger partial charge in [-0.05, 0) is 49.9 Å². The molecule has 0 aliphatic carbocycles. The highest BCUT2D eigenvalue weighted by molar-refractivity contribution is 7.15. The first kappa shape index (κ1) is 22.4. The minimum absolute atomic E-state index is 0.173. The molecule has 34 heavy (non-hydrogen) atoms. The van der Waals surface area contributed by atoms with E-state index in [-0.39, 0.29) is 12.5 Å². The average molecular weight is 476 g/mol. The summed E-state index contributed by atoms with van der Waals surface area (Å²) < 4.78 is 2.87. The number of aryl methyl sites for hydroxylation is 2. The molecule has 0 spiro atoms. The van der Waals surface area contributed by atoms with Crippen LogP contribution in [0.15, 0.2) is 48.9 Å². The standard InChI is InChI=1S/C26H29N5O2S/c1-17-8-10-29(11-9-17)22-12-21(26(32)28-13-20-6-4-18(2)31(33)15-20)16-30-23(14-27-25(22)30)24-7-5-19(3)34-24/h4-7,12,14-17H,8-11,13H2,1-3H3,(H,28,32). The summed E-state index contributed by atoms with van der Waals surface area (Å²) in [7, 11) is 0. The van der Waals surface area contributed by atoms with Gasteiger partial charge in [0, 0.05) is 49.3 Å². The lowest BCUT2D eigenvalue weighted by atomic mass is 9.99. The van der Waals surface area contributed by atoms with E-state index in [0.717, 1.165) is 58.1 Å². The Morgan fingerprint density at radius 1 is 1.24 bits per heavy atom. The third-order valence-corrected chi connectivity index (χ3v) is 7.61. The van der Waals surface area contributed by atoms with Gasteiger partial charge in [-0.25, -0.2) is 4.98 Å². The number of nitrogens with one attached hydrogen (secondary N) is 1. The number of anilines is 1. The van der Waals surface area contributed by atoms with Crippen molar-refractivity contribution in [3.05, 3.63) is 75.8 Å². The topological polar surface area (TPSA) is 76.6 Å². The molecule has 176 valence electrons. The number of nitrogens with zero attached hydrogens (tertiary/aromatic N) is 4. The number of piperidine rings is 1. The maximum atomic E-state index is 13.2. The number of imidazole rings is 1. The zero-order valence-electron chi connectivity index (χ0n) is 19.7. The Bertz CT molecular complexity index is 1350. The molecule has 0 aromatic carbocycles. The molecule has 0 bridgehead atoms. The van der Waals surface area contributed by atoms with Gasteiger partial charge >= 0.3 is 0 Å². The molecule has 1 N–H and O–H groups in total. The molecule has 0 atom stereocenters. The molecule has 4 aromatic heterocycles. The van der Waals surface area contributed by atoms with Crippen molar-refractivity contribution in [3.63, 3.8) is 0 Å². The Labute approximate surface area is 203 Å². The molecule has 0 radical (unpaired) electrons. The van der Waals surface area contributed by atoms with Crippen LogP contribution in [-0.4, -0.2) is 28.4 Å². The van der Waals surface area contributed by atoms with E-state index in [0.29, 0.717) is 17.2 Å². The van der Waals surface area contributed by atoms with Gasteiger partial charge in [0.2, 0.25) is 0 Å². The van der Waals surface area contributed by atoms with Crippen LogP contribution >= 0.6 is 11.3 Å². The highest BCUT2D eigenvalue weighted by Gasteiger charge is 2.22. The summed E-state index contributed by atoms with van der Waals surface area (Å²) in [6, 6.07) is 9.79. The first-order valence-corrected chi connectivity index (χ1v) is 12.5. The number of hydrogen-bond donors (Lipinski definition) is 1. The zero-order valence-corrected chi connectivity index (χ0v) is 20.6. The van der Waals surface area contributed by atoms with Crippen molar-refractivity contribution >= 4 is 28.6 Å². The number of aromatic nitrogens is 3. The Kier molecular flexibility index (Phi) is 6.00. The molecule has 1 aliphatic rings. The molecule has 0 saturated carbocycles. The van der Waals surface area contributed by atoms with Gasteiger partial charge in [-0.2, -0.15) is 4.73 Å². The van der Waals surface area contributed by atoms with E-state index < -0.39 is 0 Å². The number of rotatable bonds is 5. The number of carbonyl (C=O) groups excluding carboxylic acids is 1. The molecule has 1 amide bonds. The smallest absolute Gasteiger partial charge is 0.253 e. The highest BCUT2D eigenvalue weighted by atomic mass is 32.1. The molecular weight excluding hydrogens is 446 g/mol. The molecule has 1 saturated heterocycles. The van der Waals surface area contributed by atoms with Gasteiger partial charge in [0.05, 0.1) is 28.0 Å². The largest absolute Gasteiger partial charge is 0.619 e. The van der Waals surface area contributed by atoms with Crippen molar-refractivity contribution in [2.75, 3.05) is 18.0 Å². The average Bonchev–Trinajstić information content (AvgIpc) is 3.45. The van der Waals surface area contributed by atoms with Gasteiger partial charge in [-0.1, -0.05) is 6.92 Å². The fourth-order valence-electron chi connectivity index (χ4n) is 4.42. The van der Waals surface area contributed by atoms with Gasteiger partial charge < -0.3 is 15.4 Å². The molecule has 8 heteroatoms. The fourth-order valence-corrected chi connectivity index (χ4v) is 5.29. The number of thiophene rings is 1. The molecule has 1 fully saturated rings. The van der Waals surface area contributed by atoms with Crippen molar-refractivity contribution in [2.45, 2.75) is 40.2 Å². The third kappa shape index (κ3) is 4.37. The van der Waals surface area contributed by atoms with Gasteiger partial charge in [-0.15, -0.1) is 11.3 Å². The summed E-state index contributed by atoms with van der Waals surface area (Å²) in [4.78, 5) is 22.7. The number of carbonyl (C=O) groups is 1. The summed E-state index contributed by atoms with van der Waals surface area (Å²) in [6.07, 6.45) is 7.54. The molecule has 1 aliphatic heterocycles. The van der Waals surface area contributed by atoms with E-state index in [2.05, 4.69) is 36.2 Å². The Hall–Kier alpha value is -3.39. The number of fused-ring (bicyclic) bond motifs is 1. The van der Waals surface area contributed by atoms with Crippen LogP contribution in [-0.2, 0) is 6.54 Å². The first-order valence-electron chi connectivity index (χ1n) is 11.7. The Balaban J connectivity index is 1.51. The predicted molar refractivity (Wildman–Crippen MR) is 135 cm³/mol. The van der Waals surface area contributed by atoms with Crippen LogP contribution in [0.25, 0.3) is 16.2 Å². The lowest BCUT2D eigenvalue weighted by molar-refractivity contribution is -0.612. The number of pyridine rings is 2. The molecule has 4 aromatic rings. The molecule has 0 unspecified atom stereocenters. The van der Waals surface area contributed by atoms with Crippen LogP contribution in [0.1, 0.15) is 46.3 Å². The first-order chi connectivity index (χ1) is 16.4. The van der Waals surface area contributed by atoms with Crippen molar-refractivity contribution in [3.8, 4) is 10.6 Å². The summed E-state index contributed by atoms with van der Waals surface area (Å²) in [5.74, 6) is 0.537. The van der Waals surface area contributed by atoms with Gasteiger partial charge in [0.25, 0.3) is 5.91 Å². The van der Waals surface area contributed by atoms with E-state index >= 15 is 0 Å². The second kappa shape index (κ2) is 9.10. The number of amides is 1.